The Balaban J connectivity index is 2.02. The molecule has 0 amide bonds. The van der Waals surface area contributed by atoms with E-state index < -0.39 is 10.0 Å². The molecule has 4 N–H and O–H groups in total. The molecule has 0 bridgehead atoms. The van der Waals surface area contributed by atoms with E-state index in [1.807, 2.05) is 19.9 Å². The maximum absolute atomic E-state index is 11.3. The van der Waals surface area contributed by atoms with Crippen molar-refractivity contribution in [3.63, 3.8) is 0 Å². The largest absolute Gasteiger partial charge is 0.308 e. The number of hydrogen-bond acceptors (Lipinski definition) is 4. The Bertz CT molecular complexity index is 687. The molecule has 0 fully saturated rings. The summed E-state index contributed by atoms with van der Waals surface area (Å²) in [5, 5.41) is 15.4. The number of nitrogens with zero attached hydrogens (tertiary/aromatic N) is 1. The maximum atomic E-state index is 11.3. The summed E-state index contributed by atoms with van der Waals surface area (Å²) in [6, 6.07) is 6.61. The van der Waals surface area contributed by atoms with E-state index in [4.69, 9.17) is 5.14 Å². The molecule has 1 aromatic heterocycles. The van der Waals surface area contributed by atoms with E-state index in [-0.39, 0.29) is 4.90 Å². The summed E-state index contributed by atoms with van der Waals surface area (Å²) in [6.07, 6.45) is 0. The highest BCUT2D eigenvalue weighted by Gasteiger charge is 2.08. The van der Waals surface area contributed by atoms with Gasteiger partial charge in [-0.3, -0.25) is 5.10 Å². The number of nitrogens with one attached hydrogen (secondary N) is 2. The van der Waals surface area contributed by atoms with Crippen LogP contribution in [-0.4, -0.2) is 18.6 Å². The number of rotatable bonds is 5. The van der Waals surface area contributed by atoms with Gasteiger partial charge in [-0.1, -0.05) is 12.1 Å². The van der Waals surface area contributed by atoms with Gasteiger partial charge in [-0.25, -0.2) is 13.6 Å². The zero-order valence-corrected chi connectivity index (χ0v) is 12.3. The molecule has 0 aliphatic rings. The van der Waals surface area contributed by atoms with Gasteiger partial charge >= 0.3 is 0 Å². The second kappa shape index (κ2) is 5.74. The second-order valence-electron chi connectivity index (χ2n) is 4.71. The fourth-order valence-corrected chi connectivity index (χ4v) is 2.58. The molecule has 6 nitrogen and oxygen atoms in total. The maximum Gasteiger partial charge on any atom is 0.238 e. The molecule has 0 saturated carbocycles. The van der Waals surface area contributed by atoms with E-state index >= 15 is 0 Å². The standard InChI is InChI=1S/C13H18N4O2S/c1-9-13(10(2)17-16-9)8-15-7-11-4-3-5-12(6-11)20(14,18)19/h3-6,15H,7-8H2,1-2H3,(H,16,17)(H2,14,18,19). The Morgan fingerprint density at radius 2 is 2.05 bits per heavy atom. The molecule has 7 heteroatoms. The van der Waals surface area contributed by atoms with Crippen LogP contribution in [0.3, 0.4) is 0 Å². The van der Waals surface area contributed by atoms with Crippen molar-refractivity contribution in [2.24, 2.45) is 5.14 Å². The lowest BCUT2D eigenvalue weighted by atomic mass is 10.2. The van der Waals surface area contributed by atoms with E-state index in [2.05, 4.69) is 15.5 Å². The number of primary sulfonamides is 1. The highest BCUT2D eigenvalue weighted by Crippen LogP contribution is 2.11. The Kier molecular flexibility index (Phi) is 4.22. The summed E-state index contributed by atoms with van der Waals surface area (Å²) in [4.78, 5) is 0.132. The van der Waals surface area contributed by atoms with Gasteiger partial charge in [-0.15, -0.1) is 0 Å². The molecule has 0 atom stereocenters. The van der Waals surface area contributed by atoms with E-state index in [9.17, 15) is 8.42 Å². The van der Waals surface area contributed by atoms with Crippen LogP contribution >= 0.6 is 0 Å². The zero-order chi connectivity index (χ0) is 14.8. The molecule has 108 valence electrons. The topological polar surface area (TPSA) is 101 Å². The second-order valence-corrected chi connectivity index (χ2v) is 6.27. The number of H-pyrrole nitrogens is 1. The Morgan fingerprint density at radius 3 is 2.65 bits per heavy atom. The summed E-state index contributed by atoms with van der Waals surface area (Å²) < 4.78 is 22.6. The summed E-state index contributed by atoms with van der Waals surface area (Å²) in [5.74, 6) is 0. The van der Waals surface area contributed by atoms with Crippen LogP contribution in [0.2, 0.25) is 0 Å². The Hall–Kier alpha value is -1.70. The summed E-state index contributed by atoms with van der Waals surface area (Å²) in [5.41, 5.74) is 4.00. The molecule has 2 rings (SSSR count). The van der Waals surface area contributed by atoms with Crippen LogP contribution in [0, 0.1) is 13.8 Å². The summed E-state index contributed by atoms with van der Waals surface area (Å²) >= 11 is 0. The third-order valence-electron chi connectivity index (χ3n) is 3.14. The number of nitrogens with two attached hydrogens (primary N) is 1. The SMILES string of the molecule is Cc1n[nH]c(C)c1CNCc1cccc(S(N)(=O)=O)c1. The third-order valence-corrected chi connectivity index (χ3v) is 4.05. The fourth-order valence-electron chi connectivity index (χ4n) is 2.00. The molecule has 20 heavy (non-hydrogen) atoms. The van der Waals surface area contributed by atoms with Crippen molar-refractivity contribution in [2.75, 3.05) is 0 Å². The van der Waals surface area contributed by atoms with Crippen molar-refractivity contribution < 1.29 is 8.42 Å². The minimum atomic E-state index is -3.65. The third kappa shape index (κ3) is 3.44. The van der Waals surface area contributed by atoms with Crippen molar-refractivity contribution in [2.45, 2.75) is 31.8 Å². The minimum absolute atomic E-state index is 0.132. The first kappa shape index (κ1) is 14.7. The van der Waals surface area contributed by atoms with Crippen LogP contribution in [0.4, 0.5) is 0 Å². The molecule has 0 aliphatic heterocycles. The minimum Gasteiger partial charge on any atom is -0.308 e. The number of aryl methyl sites for hydroxylation is 2. The van der Waals surface area contributed by atoms with Crippen LogP contribution in [0.1, 0.15) is 22.5 Å². The molecule has 1 heterocycles. The van der Waals surface area contributed by atoms with Crippen molar-refractivity contribution >= 4 is 10.0 Å². The molecule has 0 unspecified atom stereocenters. The van der Waals surface area contributed by atoms with Crippen LogP contribution in [0.25, 0.3) is 0 Å². The van der Waals surface area contributed by atoms with Gasteiger partial charge in [0.05, 0.1) is 10.6 Å². The molecule has 0 aliphatic carbocycles. The van der Waals surface area contributed by atoms with E-state index in [1.54, 1.807) is 12.1 Å². The molecule has 0 radical (unpaired) electrons. The van der Waals surface area contributed by atoms with Crippen LogP contribution in [0.5, 0.6) is 0 Å². The van der Waals surface area contributed by atoms with Gasteiger partial charge in [0.15, 0.2) is 0 Å². The predicted octanol–water partition coefficient (Wildman–Crippen LogP) is 0.964. The van der Waals surface area contributed by atoms with Crippen LogP contribution < -0.4 is 10.5 Å². The van der Waals surface area contributed by atoms with E-state index in [1.165, 1.54) is 6.07 Å². The highest BCUT2D eigenvalue weighted by atomic mass is 32.2. The number of aromatic nitrogens is 2. The normalized spacial score (nSPS) is 11.8. The van der Waals surface area contributed by atoms with Gasteiger partial charge in [0.25, 0.3) is 0 Å². The zero-order valence-electron chi connectivity index (χ0n) is 11.5. The first-order chi connectivity index (χ1) is 9.38. The Morgan fingerprint density at radius 1 is 1.30 bits per heavy atom. The van der Waals surface area contributed by atoms with Gasteiger partial charge in [0, 0.05) is 24.3 Å². The van der Waals surface area contributed by atoms with Gasteiger partial charge in [-0.2, -0.15) is 5.10 Å². The quantitative estimate of drug-likeness (QED) is 0.764. The first-order valence-corrected chi connectivity index (χ1v) is 7.75. The monoisotopic (exact) mass is 294 g/mol. The molecule has 1 aromatic carbocycles. The molecular formula is C13H18N4O2S. The van der Waals surface area contributed by atoms with E-state index in [0.29, 0.717) is 13.1 Å². The van der Waals surface area contributed by atoms with E-state index in [0.717, 1.165) is 22.5 Å². The lowest BCUT2D eigenvalue weighted by molar-refractivity contribution is 0.597. The highest BCUT2D eigenvalue weighted by molar-refractivity contribution is 7.89. The number of hydrogen-bond donors (Lipinski definition) is 3. The summed E-state index contributed by atoms with van der Waals surface area (Å²) in [7, 11) is -3.65. The number of benzene rings is 1. The van der Waals surface area contributed by atoms with Crippen molar-refractivity contribution in [3.8, 4) is 0 Å². The van der Waals surface area contributed by atoms with Crippen molar-refractivity contribution in [3.05, 3.63) is 46.8 Å². The van der Waals surface area contributed by atoms with Gasteiger partial charge in [-0.05, 0) is 31.5 Å². The predicted molar refractivity (Wildman–Crippen MR) is 76.4 cm³/mol. The van der Waals surface area contributed by atoms with Gasteiger partial charge in [0.2, 0.25) is 10.0 Å². The molecule has 0 spiro atoms. The average molecular weight is 294 g/mol. The van der Waals surface area contributed by atoms with Crippen molar-refractivity contribution in [1.29, 1.82) is 0 Å². The van der Waals surface area contributed by atoms with Gasteiger partial charge < -0.3 is 5.32 Å². The van der Waals surface area contributed by atoms with Crippen LogP contribution in [-0.2, 0) is 23.1 Å². The number of sulfonamides is 1. The average Bonchev–Trinajstić information content (AvgIpc) is 2.70. The van der Waals surface area contributed by atoms with Crippen LogP contribution in [0.15, 0.2) is 29.2 Å². The fraction of sp³-hybridized carbons (Fsp3) is 0.308. The van der Waals surface area contributed by atoms with Crippen molar-refractivity contribution in [1.82, 2.24) is 15.5 Å². The smallest absolute Gasteiger partial charge is 0.238 e. The molecule has 2 aromatic rings. The molecular weight excluding hydrogens is 276 g/mol. The molecule has 0 saturated heterocycles. The number of aromatic amines is 1. The Labute approximate surface area is 118 Å². The first-order valence-electron chi connectivity index (χ1n) is 6.21. The van der Waals surface area contributed by atoms with Gasteiger partial charge in [0.1, 0.15) is 0 Å². The lowest BCUT2D eigenvalue weighted by Gasteiger charge is -2.06. The lowest BCUT2D eigenvalue weighted by Crippen LogP contribution is -2.15. The summed E-state index contributed by atoms with van der Waals surface area (Å²) in [6.45, 7) is 5.15.